The Morgan fingerprint density at radius 3 is 3.06 bits per heavy atom. The standard InChI is InChI=1S/C13H16N2O2/c1-2-17-11-3-4-13-12(6-11)9(7-15-13)5-10(14)8-16/h3-4,6-8,10,15H,2,5,14H2,1H3/t10-/m0/s1. The largest absolute Gasteiger partial charge is 0.494 e. The molecule has 0 aliphatic carbocycles. The molecule has 2 aromatic rings. The van der Waals surface area contributed by atoms with Crippen molar-refractivity contribution >= 4 is 17.2 Å². The number of H-pyrrole nitrogens is 1. The molecule has 1 aromatic heterocycles. The van der Waals surface area contributed by atoms with Crippen LogP contribution in [0.4, 0.5) is 0 Å². The molecule has 4 nitrogen and oxygen atoms in total. The van der Waals surface area contributed by atoms with E-state index in [0.29, 0.717) is 13.0 Å². The minimum Gasteiger partial charge on any atom is -0.494 e. The lowest BCUT2D eigenvalue weighted by atomic mass is 10.1. The molecular weight excluding hydrogens is 216 g/mol. The molecule has 90 valence electrons. The first-order valence-corrected chi connectivity index (χ1v) is 5.68. The van der Waals surface area contributed by atoms with E-state index < -0.39 is 6.04 Å². The molecule has 0 saturated carbocycles. The number of aromatic amines is 1. The van der Waals surface area contributed by atoms with Crippen LogP contribution in [0.5, 0.6) is 5.75 Å². The molecule has 0 amide bonds. The lowest BCUT2D eigenvalue weighted by Crippen LogP contribution is -2.23. The summed E-state index contributed by atoms with van der Waals surface area (Å²) in [5, 5.41) is 1.06. The van der Waals surface area contributed by atoms with Crippen molar-refractivity contribution in [2.45, 2.75) is 19.4 Å². The minimum atomic E-state index is -0.454. The van der Waals surface area contributed by atoms with Crippen LogP contribution in [0.25, 0.3) is 10.9 Å². The molecule has 1 atom stereocenters. The van der Waals surface area contributed by atoms with Crippen LogP contribution >= 0.6 is 0 Å². The number of benzene rings is 1. The number of fused-ring (bicyclic) bond motifs is 1. The van der Waals surface area contributed by atoms with Crippen LogP contribution in [0, 0.1) is 0 Å². The normalized spacial score (nSPS) is 12.6. The van der Waals surface area contributed by atoms with Gasteiger partial charge in [-0.3, -0.25) is 0 Å². The Hall–Kier alpha value is -1.81. The average molecular weight is 232 g/mol. The van der Waals surface area contributed by atoms with Crippen LogP contribution < -0.4 is 10.5 Å². The van der Waals surface area contributed by atoms with Crippen molar-refractivity contribution < 1.29 is 9.53 Å². The van der Waals surface area contributed by atoms with Gasteiger partial charge in [0.05, 0.1) is 12.6 Å². The minimum absolute atomic E-state index is 0.454. The monoisotopic (exact) mass is 232 g/mol. The van der Waals surface area contributed by atoms with Crippen LogP contribution in [-0.2, 0) is 11.2 Å². The lowest BCUT2D eigenvalue weighted by molar-refractivity contribution is -0.108. The van der Waals surface area contributed by atoms with Crippen molar-refractivity contribution in [3.8, 4) is 5.75 Å². The van der Waals surface area contributed by atoms with Gasteiger partial charge in [0.1, 0.15) is 12.0 Å². The van der Waals surface area contributed by atoms with E-state index >= 15 is 0 Å². The first-order chi connectivity index (χ1) is 8.24. The van der Waals surface area contributed by atoms with Crippen LogP contribution in [0.1, 0.15) is 12.5 Å². The Labute approximate surface area is 99.8 Å². The van der Waals surface area contributed by atoms with E-state index in [4.69, 9.17) is 10.5 Å². The molecule has 1 aromatic carbocycles. The molecule has 0 unspecified atom stereocenters. The molecule has 4 heteroatoms. The van der Waals surface area contributed by atoms with Gasteiger partial charge in [0.25, 0.3) is 0 Å². The average Bonchev–Trinajstić information content (AvgIpc) is 2.72. The molecule has 0 spiro atoms. The smallest absolute Gasteiger partial charge is 0.137 e. The maximum Gasteiger partial charge on any atom is 0.137 e. The van der Waals surface area contributed by atoms with E-state index in [1.807, 2.05) is 31.3 Å². The van der Waals surface area contributed by atoms with Crippen molar-refractivity contribution in [3.63, 3.8) is 0 Å². The summed E-state index contributed by atoms with van der Waals surface area (Å²) in [7, 11) is 0. The number of ether oxygens (including phenoxy) is 1. The first-order valence-electron chi connectivity index (χ1n) is 5.68. The van der Waals surface area contributed by atoms with Crippen molar-refractivity contribution in [2.75, 3.05) is 6.61 Å². The molecule has 0 aliphatic rings. The van der Waals surface area contributed by atoms with Gasteiger partial charge < -0.3 is 20.2 Å². The number of hydrogen-bond acceptors (Lipinski definition) is 3. The van der Waals surface area contributed by atoms with Gasteiger partial charge in [0.2, 0.25) is 0 Å². The van der Waals surface area contributed by atoms with Gasteiger partial charge in [-0.05, 0) is 37.1 Å². The molecule has 1 heterocycles. The van der Waals surface area contributed by atoms with Gasteiger partial charge in [0, 0.05) is 17.1 Å². The highest BCUT2D eigenvalue weighted by Crippen LogP contribution is 2.24. The van der Waals surface area contributed by atoms with E-state index in [9.17, 15) is 4.79 Å². The first kappa shape index (κ1) is 11.7. The molecule has 0 bridgehead atoms. The second kappa shape index (κ2) is 5.01. The fourth-order valence-electron chi connectivity index (χ4n) is 1.88. The topological polar surface area (TPSA) is 68.1 Å². The Morgan fingerprint density at radius 2 is 2.35 bits per heavy atom. The highest BCUT2D eigenvalue weighted by Gasteiger charge is 2.08. The molecule has 0 aliphatic heterocycles. The molecule has 3 N–H and O–H groups in total. The van der Waals surface area contributed by atoms with Crippen molar-refractivity contribution in [3.05, 3.63) is 30.0 Å². The zero-order valence-corrected chi connectivity index (χ0v) is 9.77. The highest BCUT2D eigenvalue weighted by atomic mass is 16.5. The summed E-state index contributed by atoms with van der Waals surface area (Å²) < 4.78 is 5.45. The highest BCUT2D eigenvalue weighted by molar-refractivity contribution is 5.85. The van der Waals surface area contributed by atoms with Gasteiger partial charge >= 0.3 is 0 Å². The third kappa shape index (κ3) is 2.47. The van der Waals surface area contributed by atoms with Crippen LogP contribution in [-0.4, -0.2) is 23.9 Å². The molecule has 2 rings (SSSR count). The summed E-state index contributed by atoms with van der Waals surface area (Å²) in [5.41, 5.74) is 7.71. The molecule has 17 heavy (non-hydrogen) atoms. The zero-order chi connectivity index (χ0) is 12.3. The van der Waals surface area contributed by atoms with E-state index in [1.54, 1.807) is 0 Å². The van der Waals surface area contributed by atoms with E-state index in [0.717, 1.165) is 28.5 Å². The third-order valence-electron chi connectivity index (χ3n) is 2.68. The second-order valence-electron chi connectivity index (χ2n) is 3.96. The summed E-state index contributed by atoms with van der Waals surface area (Å²) in [6.45, 7) is 2.59. The third-order valence-corrected chi connectivity index (χ3v) is 2.68. The summed E-state index contributed by atoms with van der Waals surface area (Å²) in [6, 6.07) is 5.41. The SMILES string of the molecule is CCOc1ccc2[nH]cc(C[C@H](N)C=O)c2c1. The van der Waals surface area contributed by atoms with E-state index in [2.05, 4.69) is 4.98 Å². The second-order valence-corrected chi connectivity index (χ2v) is 3.96. The Balaban J connectivity index is 2.35. The fourth-order valence-corrected chi connectivity index (χ4v) is 1.88. The number of rotatable bonds is 5. The summed E-state index contributed by atoms with van der Waals surface area (Å²) in [5.74, 6) is 0.834. The van der Waals surface area contributed by atoms with Crippen LogP contribution in [0.15, 0.2) is 24.4 Å². The van der Waals surface area contributed by atoms with Crippen molar-refractivity contribution in [1.29, 1.82) is 0 Å². The lowest BCUT2D eigenvalue weighted by Gasteiger charge is -2.05. The van der Waals surface area contributed by atoms with Crippen LogP contribution in [0.3, 0.4) is 0 Å². The molecule has 0 radical (unpaired) electrons. The Bertz CT molecular complexity index is 519. The maximum atomic E-state index is 10.6. The maximum absolute atomic E-state index is 10.6. The van der Waals surface area contributed by atoms with E-state index in [1.165, 1.54) is 0 Å². The number of nitrogens with one attached hydrogen (secondary N) is 1. The van der Waals surface area contributed by atoms with E-state index in [-0.39, 0.29) is 0 Å². The molecule has 0 fully saturated rings. The van der Waals surface area contributed by atoms with Gasteiger partial charge in [-0.2, -0.15) is 0 Å². The van der Waals surface area contributed by atoms with Crippen LogP contribution in [0.2, 0.25) is 0 Å². The fraction of sp³-hybridized carbons (Fsp3) is 0.308. The predicted octanol–water partition coefficient (Wildman–Crippen LogP) is 1.64. The molecule has 0 saturated heterocycles. The van der Waals surface area contributed by atoms with Gasteiger partial charge in [-0.15, -0.1) is 0 Å². The number of carbonyl (C=O) groups excluding carboxylic acids is 1. The van der Waals surface area contributed by atoms with Gasteiger partial charge in [-0.1, -0.05) is 0 Å². The van der Waals surface area contributed by atoms with Crippen molar-refractivity contribution in [2.24, 2.45) is 5.73 Å². The number of aromatic nitrogens is 1. The van der Waals surface area contributed by atoms with Crippen molar-refractivity contribution in [1.82, 2.24) is 4.98 Å². The number of nitrogens with two attached hydrogens (primary N) is 1. The predicted molar refractivity (Wildman–Crippen MR) is 67.2 cm³/mol. The summed E-state index contributed by atoms with van der Waals surface area (Å²) in [6.07, 6.45) is 3.20. The Kier molecular flexibility index (Phi) is 3.44. The van der Waals surface area contributed by atoms with Gasteiger partial charge in [-0.25, -0.2) is 0 Å². The molecular formula is C13H16N2O2. The quantitative estimate of drug-likeness (QED) is 0.770. The number of hydrogen-bond donors (Lipinski definition) is 2. The number of aldehydes is 1. The Morgan fingerprint density at radius 1 is 1.53 bits per heavy atom. The number of carbonyl (C=O) groups is 1. The van der Waals surface area contributed by atoms with Gasteiger partial charge in [0.15, 0.2) is 0 Å². The zero-order valence-electron chi connectivity index (χ0n) is 9.77. The summed E-state index contributed by atoms with van der Waals surface area (Å²) in [4.78, 5) is 13.7. The summed E-state index contributed by atoms with van der Waals surface area (Å²) >= 11 is 0.